The number of benzene rings is 2. The Hall–Kier alpha value is -2.74. The van der Waals surface area contributed by atoms with Crippen molar-refractivity contribution < 1.29 is 0 Å². The van der Waals surface area contributed by atoms with E-state index in [2.05, 4.69) is 53.3 Å². The second kappa shape index (κ2) is 6.35. The van der Waals surface area contributed by atoms with E-state index in [1.54, 1.807) is 0 Å². The third-order valence-corrected chi connectivity index (χ3v) is 3.50. The largest absolute Gasteiger partial charge is 0.256 e. The monoisotopic (exact) mass is 286 g/mol. The summed E-state index contributed by atoms with van der Waals surface area (Å²) in [7, 11) is 0. The highest BCUT2D eigenvalue weighted by molar-refractivity contribution is 5.79. The van der Waals surface area contributed by atoms with Gasteiger partial charge in [0.2, 0.25) is 0 Å². The van der Waals surface area contributed by atoms with E-state index in [1.807, 2.05) is 43.5 Å². The predicted octanol–water partition coefficient (Wildman–Crippen LogP) is 5.09. The summed E-state index contributed by atoms with van der Waals surface area (Å²) < 4.78 is 0. The molecule has 0 atom stereocenters. The molecule has 0 fully saturated rings. The summed E-state index contributed by atoms with van der Waals surface area (Å²) in [6.45, 7) is 4.10. The Morgan fingerprint density at radius 2 is 1.41 bits per heavy atom. The van der Waals surface area contributed by atoms with Crippen LogP contribution in [0.3, 0.4) is 0 Å². The molecule has 2 nitrogen and oxygen atoms in total. The summed E-state index contributed by atoms with van der Waals surface area (Å²) in [5, 5.41) is 2.41. The third-order valence-electron chi connectivity index (χ3n) is 3.50. The number of rotatable bonds is 0. The first-order valence-corrected chi connectivity index (χ1v) is 7.36. The number of para-hydroxylation sites is 1. The van der Waals surface area contributed by atoms with Crippen molar-refractivity contribution in [3.8, 4) is 0 Å². The van der Waals surface area contributed by atoms with Crippen molar-refractivity contribution in [1.29, 1.82) is 0 Å². The molecule has 0 unspecified atom stereocenters. The second-order valence-electron chi connectivity index (χ2n) is 5.34. The molecule has 0 aliphatic carbocycles. The number of hydrogen-bond acceptors (Lipinski definition) is 2. The van der Waals surface area contributed by atoms with Gasteiger partial charge in [0.25, 0.3) is 0 Å². The number of aromatic nitrogens is 2. The maximum Gasteiger partial charge on any atom is 0.0707 e. The molecular formula is C20H18N2. The smallest absolute Gasteiger partial charge is 0.0707 e. The van der Waals surface area contributed by atoms with Gasteiger partial charge in [0.05, 0.1) is 11.0 Å². The van der Waals surface area contributed by atoms with Gasteiger partial charge in [-0.3, -0.25) is 9.97 Å². The first-order valence-electron chi connectivity index (χ1n) is 7.36. The lowest BCUT2D eigenvalue weighted by Gasteiger charge is -1.99. The van der Waals surface area contributed by atoms with Crippen molar-refractivity contribution in [2.45, 2.75) is 13.8 Å². The van der Waals surface area contributed by atoms with Gasteiger partial charge in [-0.2, -0.15) is 0 Å². The van der Waals surface area contributed by atoms with Crippen LogP contribution in [-0.2, 0) is 0 Å². The van der Waals surface area contributed by atoms with E-state index in [0.717, 1.165) is 16.7 Å². The molecule has 4 aromatic rings. The topological polar surface area (TPSA) is 25.8 Å². The van der Waals surface area contributed by atoms with Crippen LogP contribution in [-0.4, -0.2) is 9.97 Å². The summed E-state index contributed by atoms with van der Waals surface area (Å²) in [5.41, 5.74) is 4.49. The zero-order valence-corrected chi connectivity index (χ0v) is 12.8. The molecule has 0 bridgehead atoms. The van der Waals surface area contributed by atoms with E-state index in [1.165, 1.54) is 16.3 Å². The van der Waals surface area contributed by atoms with E-state index in [4.69, 9.17) is 0 Å². The quantitative estimate of drug-likeness (QED) is 0.450. The summed E-state index contributed by atoms with van der Waals surface area (Å²) in [4.78, 5) is 8.62. The predicted molar refractivity (Wildman–Crippen MR) is 93.0 cm³/mol. The average Bonchev–Trinajstić information content (AvgIpc) is 2.55. The Balaban J connectivity index is 0.000000133. The molecule has 2 heterocycles. The van der Waals surface area contributed by atoms with Gasteiger partial charge in [0, 0.05) is 22.7 Å². The highest BCUT2D eigenvalue weighted by Gasteiger charge is 1.94. The van der Waals surface area contributed by atoms with Crippen molar-refractivity contribution in [2.24, 2.45) is 0 Å². The van der Waals surface area contributed by atoms with Gasteiger partial charge < -0.3 is 0 Å². The second-order valence-corrected chi connectivity index (χ2v) is 5.34. The molecule has 108 valence electrons. The van der Waals surface area contributed by atoms with Gasteiger partial charge >= 0.3 is 0 Å². The molecule has 2 aromatic carbocycles. The molecule has 0 saturated carbocycles. The molecule has 0 amide bonds. The van der Waals surface area contributed by atoms with Crippen LogP contribution in [0.15, 0.2) is 72.9 Å². The SMILES string of the molecule is Cc1ccc2ccc(C)nc2c1.c1ccc2ncccc2c1. The van der Waals surface area contributed by atoms with Crippen LogP contribution >= 0.6 is 0 Å². The number of nitrogens with zero attached hydrogens (tertiary/aromatic N) is 2. The molecule has 2 aromatic heterocycles. The van der Waals surface area contributed by atoms with Crippen molar-refractivity contribution in [2.75, 3.05) is 0 Å². The van der Waals surface area contributed by atoms with Crippen molar-refractivity contribution in [1.82, 2.24) is 9.97 Å². The van der Waals surface area contributed by atoms with Gasteiger partial charge in [-0.25, -0.2) is 0 Å². The maximum absolute atomic E-state index is 4.44. The minimum atomic E-state index is 1.06. The van der Waals surface area contributed by atoms with E-state index < -0.39 is 0 Å². The Bertz CT molecular complexity index is 811. The molecule has 0 saturated heterocycles. The fraction of sp³-hybridized carbons (Fsp3) is 0.100. The number of hydrogen-bond donors (Lipinski definition) is 0. The molecule has 0 aliphatic heterocycles. The van der Waals surface area contributed by atoms with Crippen LogP contribution in [0.25, 0.3) is 21.8 Å². The Kier molecular flexibility index (Phi) is 4.10. The minimum Gasteiger partial charge on any atom is -0.256 e. The summed E-state index contributed by atoms with van der Waals surface area (Å²) in [6.07, 6.45) is 1.81. The molecule has 0 spiro atoms. The first kappa shape index (κ1) is 14.2. The van der Waals surface area contributed by atoms with Crippen LogP contribution in [0, 0.1) is 13.8 Å². The normalized spacial score (nSPS) is 10.3. The van der Waals surface area contributed by atoms with Gasteiger partial charge in [-0.15, -0.1) is 0 Å². The molecule has 0 N–H and O–H groups in total. The highest BCUT2D eigenvalue weighted by Crippen LogP contribution is 2.13. The maximum atomic E-state index is 4.44. The standard InChI is InChI=1S/C11H11N.C9H7N/c1-8-3-5-10-6-4-9(2)12-11(10)7-8;1-2-6-9-8(4-1)5-3-7-10-9/h3-7H,1-2H3;1-7H. The molecule has 0 radical (unpaired) electrons. The van der Waals surface area contributed by atoms with Gasteiger partial charge in [0.15, 0.2) is 0 Å². The summed E-state index contributed by atoms with van der Waals surface area (Å²) in [5.74, 6) is 0. The van der Waals surface area contributed by atoms with E-state index in [9.17, 15) is 0 Å². The number of fused-ring (bicyclic) bond motifs is 2. The average molecular weight is 286 g/mol. The van der Waals surface area contributed by atoms with E-state index in [0.29, 0.717) is 0 Å². The molecular weight excluding hydrogens is 268 g/mol. The van der Waals surface area contributed by atoms with Gasteiger partial charge in [-0.1, -0.05) is 42.5 Å². The highest BCUT2D eigenvalue weighted by atomic mass is 14.7. The zero-order chi connectivity index (χ0) is 15.4. The van der Waals surface area contributed by atoms with E-state index >= 15 is 0 Å². The number of aryl methyl sites for hydroxylation is 2. The molecule has 4 rings (SSSR count). The van der Waals surface area contributed by atoms with Crippen molar-refractivity contribution in [3.63, 3.8) is 0 Å². The lowest BCUT2D eigenvalue weighted by molar-refractivity contribution is 1.25. The molecule has 22 heavy (non-hydrogen) atoms. The summed E-state index contributed by atoms with van der Waals surface area (Å²) in [6, 6.07) is 22.6. The first-order chi connectivity index (χ1) is 10.7. The van der Waals surface area contributed by atoms with Crippen LogP contribution < -0.4 is 0 Å². The Labute approximate surface area is 130 Å². The summed E-state index contributed by atoms with van der Waals surface area (Å²) >= 11 is 0. The molecule has 0 aliphatic rings. The fourth-order valence-corrected chi connectivity index (χ4v) is 2.35. The Morgan fingerprint density at radius 1 is 0.682 bits per heavy atom. The van der Waals surface area contributed by atoms with E-state index in [-0.39, 0.29) is 0 Å². The minimum absolute atomic E-state index is 1.06. The molecule has 2 heteroatoms. The van der Waals surface area contributed by atoms with Crippen LogP contribution in [0.5, 0.6) is 0 Å². The fourth-order valence-electron chi connectivity index (χ4n) is 2.35. The lowest BCUT2D eigenvalue weighted by atomic mass is 10.1. The van der Waals surface area contributed by atoms with Gasteiger partial charge in [-0.05, 0) is 43.7 Å². The zero-order valence-electron chi connectivity index (χ0n) is 12.8. The lowest BCUT2D eigenvalue weighted by Crippen LogP contribution is -1.83. The van der Waals surface area contributed by atoms with Crippen molar-refractivity contribution in [3.05, 3.63) is 84.2 Å². The van der Waals surface area contributed by atoms with Gasteiger partial charge in [0.1, 0.15) is 0 Å². The third kappa shape index (κ3) is 3.29. The van der Waals surface area contributed by atoms with Crippen LogP contribution in [0.1, 0.15) is 11.3 Å². The number of pyridine rings is 2. The van der Waals surface area contributed by atoms with Crippen LogP contribution in [0.2, 0.25) is 0 Å². The van der Waals surface area contributed by atoms with Crippen LogP contribution in [0.4, 0.5) is 0 Å². The Morgan fingerprint density at radius 3 is 2.27 bits per heavy atom. The van der Waals surface area contributed by atoms with Crippen molar-refractivity contribution >= 4 is 21.8 Å².